The zero-order chi connectivity index (χ0) is 18.0. The summed E-state index contributed by atoms with van der Waals surface area (Å²) in [5.74, 6) is -0.168. The van der Waals surface area contributed by atoms with Crippen molar-refractivity contribution >= 4 is 16.9 Å². The maximum absolute atomic E-state index is 12.5. The minimum atomic E-state index is -0.168. The fourth-order valence-corrected chi connectivity index (χ4v) is 2.58. The summed E-state index contributed by atoms with van der Waals surface area (Å²) in [6, 6.07) is 14.4. The van der Waals surface area contributed by atoms with Crippen LogP contribution >= 0.6 is 0 Å². The molecule has 0 aliphatic carbocycles. The fourth-order valence-electron chi connectivity index (χ4n) is 2.58. The molecule has 1 N–H and O–H groups in total. The standard InChI is InChI=1S/C20H18N4O/c1-12-13(2)23-19-10-17(8-9-18(19)22-12)20(25)24-14(3)16-6-4-15(11-21)5-7-16/h4-10,14H,1-3H3,(H,24,25). The first-order valence-electron chi connectivity index (χ1n) is 8.04. The van der Waals surface area contributed by atoms with Crippen LogP contribution in [0.2, 0.25) is 0 Å². The van der Waals surface area contributed by atoms with Crippen LogP contribution in [0.4, 0.5) is 0 Å². The molecule has 0 aliphatic heterocycles. The first-order chi connectivity index (χ1) is 12.0. The summed E-state index contributed by atoms with van der Waals surface area (Å²) >= 11 is 0. The van der Waals surface area contributed by atoms with Gasteiger partial charge < -0.3 is 5.32 Å². The lowest BCUT2D eigenvalue weighted by Gasteiger charge is -2.14. The predicted octanol–water partition coefficient (Wildman–Crippen LogP) is 3.61. The van der Waals surface area contributed by atoms with E-state index in [1.54, 1.807) is 24.3 Å². The van der Waals surface area contributed by atoms with Crippen LogP contribution in [0.15, 0.2) is 42.5 Å². The highest BCUT2D eigenvalue weighted by atomic mass is 16.1. The van der Waals surface area contributed by atoms with Gasteiger partial charge in [0.1, 0.15) is 0 Å². The van der Waals surface area contributed by atoms with Crippen LogP contribution in [-0.2, 0) is 0 Å². The van der Waals surface area contributed by atoms with Crippen molar-refractivity contribution in [1.82, 2.24) is 15.3 Å². The number of fused-ring (bicyclic) bond motifs is 1. The summed E-state index contributed by atoms with van der Waals surface area (Å²) in [5, 5.41) is 11.8. The summed E-state index contributed by atoms with van der Waals surface area (Å²) < 4.78 is 0. The monoisotopic (exact) mass is 330 g/mol. The smallest absolute Gasteiger partial charge is 0.251 e. The minimum Gasteiger partial charge on any atom is -0.346 e. The van der Waals surface area contributed by atoms with Crippen molar-refractivity contribution in [1.29, 1.82) is 5.26 Å². The molecule has 0 bridgehead atoms. The average molecular weight is 330 g/mol. The highest BCUT2D eigenvalue weighted by Gasteiger charge is 2.13. The summed E-state index contributed by atoms with van der Waals surface area (Å²) in [7, 11) is 0. The molecule has 2 aromatic carbocycles. The SMILES string of the molecule is Cc1nc2ccc(C(=O)NC(C)c3ccc(C#N)cc3)cc2nc1C. The number of carbonyl (C=O) groups excluding carboxylic acids is 1. The third kappa shape index (κ3) is 3.48. The molecular formula is C20H18N4O. The topological polar surface area (TPSA) is 78.7 Å². The Balaban J connectivity index is 1.81. The first-order valence-corrected chi connectivity index (χ1v) is 8.04. The molecule has 0 saturated carbocycles. The Morgan fingerprint density at radius 3 is 2.32 bits per heavy atom. The number of carbonyl (C=O) groups is 1. The molecular weight excluding hydrogens is 312 g/mol. The van der Waals surface area contributed by atoms with Gasteiger partial charge in [-0.1, -0.05) is 12.1 Å². The van der Waals surface area contributed by atoms with Gasteiger partial charge in [0.2, 0.25) is 0 Å². The van der Waals surface area contributed by atoms with E-state index >= 15 is 0 Å². The predicted molar refractivity (Wildman–Crippen MR) is 96.1 cm³/mol. The Morgan fingerprint density at radius 2 is 1.68 bits per heavy atom. The van der Waals surface area contributed by atoms with Crippen LogP contribution in [0.1, 0.15) is 45.8 Å². The van der Waals surface area contributed by atoms with Gasteiger partial charge in [0.05, 0.1) is 40.1 Å². The Labute approximate surface area is 146 Å². The van der Waals surface area contributed by atoms with Gasteiger partial charge in [-0.2, -0.15) is 5.26 Å². The Bertz CT molecular complexity index is 987. The molecule has 1 amide bonds. The van der Waals surface area contributed by atoms with Gasteiger partial charge in [-0.15, -0.1) is 0 Å². The molecule has 3 aromatic rings. The zero-order valence-electron chi connectivity index (χ0n) is 14.4. The van der Waals surface area contributed by atoms with Crippen LogP contribution in [0.5, 0.6) is 0 Å². The number of aromatic nitrogens is 2. The second kappa shape index (κ2) is 6.70. The molecule has 1 aromatic heterocycles. The number of aryl methyl sites for hydroxylation is 2. The van der Waals surface area contributed by atoms with Crippen LogP contribution in [0.25, 0.3) is 11.0 Å². The van der Waals surface area contributed by atoms with Crippen molar-refractivity contribution in [2.75, 3.05) is 0 Å². The van der Waals surface area contributed by atoms with Gasteiger partial charge >= 0.3 is 0 Å². The van der Waals surface area contributed by atoms with E-state index in [9.17, 15) is 4.79 Å². The van der Waals surface area contributed by atoms with Crippen LogP contribution in [0.3, 0.4) is 0 Å². The van der Waals surface area contributed by atoms with E-state index in [2.05, 4.69) is 21.4 Å². The van der Waals surface area contributed by atoms with Crippen molar-refractivity contribution in [3.05, 3.63) is 70.5 Å². The van der Waals surface area contributed by atoms with Crippen molar-refractivity contribution in [3.63, 3.8) is 0 Å². The summed E-state index contributed by atoms with van der Waals surface area (Å²) in [6.07, 6.45) is 0. The molecule has 1 unspecified atom stereocenters. The molecule has 25 heavy (non-hydrogen) atoms. The molecule has 5 heteroatoms. The van der Waals surface area contributed by atoms with Gasteiger partial charge in [0, 0.05) is 5.56 Å². The third-order valence-electron chi connectivity index (χ3n) is 4.22. The lowest BCUT2D eigenvalue weighted by molar-refractivity contribution is 0.0940. The molecule has 124 valence electrons. The number of hydrogen-bond donors (Lipinski definition) is 1. The normalized spacial score (nSPS) is 11.8. The molecule has 3 rings (SSSR count). The zero-order valence-corrected chi connectivity index (χ0v) is 14.4. The van der Waals surface area contributed by atoms with E-state index in [-0.39, 0.29) is 11.9 Å². The van der Waals surface area contributed by atoms with Gasteiger partial charge in [-0.05, 0) is 56.7 Å². The van der Waals surface area contributed by atoms with E-state index in [0.717, 1.165) is 22.5 Å². The van der Waals surface area contributed by atoms with Gasteiger partial charge in [0.15, 0.2) is 0 Å². The molecule has 0 aliphatic rings. The Kier molecular flexibility index (Phi) is 4.44. The lowest BCUT2D eigenvalue weighted by atomic mass is 10.1. The first kappa shape index (κ1) is 16.6. The highest BCUT2D eigenvalue weighted by Crippen LogP contribution is 2.17. The fraction of sp³-hybridized carbons (Fsp3) is 0.200. The van der Waals surface area contributed by atoms with Crippen molar-refractivity contribution in [3.8, 4) is 6.07 Å². The van der Waals surface area contributed by atoms with Crippen LogP contribution < -0.4 is 5.32 Å². The molecule has 0 spiro atoms. The molecule has 1 heterocycles. The quantitative estimate of drug-likeness (QED) is 0.795. The number of nitrogens with one attached hydrogen (secondary N) is 1. The molecule has 5 nitrogen and oxygen atoms in total. The second-order valence-electron chi connectivity index (χ2n) is 6.03. The summed E-state index contributed by atoms with van der Waals surface area (Å²) in [4.78, 5) is 21.5. The second-order valence-corrected chi connectivity index (χ2v) is 6.03. The summed E-state index contributed by atoms with van der Waals surface area (Å²) in [5.41, 5.74) is 5.32. The molecule has 0 radical (unpaired) electrons. The maximum Gasteiger partial charge on any atom is 0.251 e. The van der Waals surface area contributed by atoms with Crippen molar-refractivity contribution in [2.45, 2.75) is 26.8 Å². The number of amides is 1. The van der Waals surface area contributed by atoms with Gasteiger partial charge in [-0.3, -0.25) is 4.79 Å². The van der Waals surface area contributed by atoms with Crippen molar-refractivity contribution < 1.29 is 4.79 Å². The van der Waals surface area contributed by atoms with Crippen molar-refractivity contribution in [2.24, 2.45) is 0 Å². The van der Waals surface area contributed by atoms with E-state index in [1.807, 2.05) is 39.0 Å². The Hall–Kier alpha value is -3.26. The molecule has 0 fully saturated rings. The van der Waals surface area contributed by atoms with E-state index in [1.165, 1.54) is 0 Å². The number of nitriles is 1. The number of rotatable bonds is 3. The van der Waals surface area contributed by atoms with Gasteiger partial charge in [0.25, 0.3) is 5.91 Å². The van der Waals surface area contributed by atoms with E-state index in [0.29, 0.717) is 16.6 Å². The van der Waals surface area contributed by atoms with Crippen LogP contribution in [-0.4, -0.2) is 15.9 Å². The third-order valence-corrected chi connectivity index (χ3v) is 4.22. The maximum atomic E-state index is 12.5. The van der Waals surface area contributed by atoms with Crippen LogP contribution in [0, 0.1) is 25.2 Å². The van der Waals surface area contributed by atoms with E-state index < -0.39 is 0 Å². The highest BCUT2D eigenvalue weighted by molar-refractivity contribution is 5.97. The number of nitrogens with zero attached hydrogens (tertiary/aromatic N) is 3. The minimum absolute atomic E-state index is 0.165. The van der Waals surface area contributed by atoms with E-state index in [4.69, 9.17) is 5.26 Å². The summed E-state index contributed by atoms with van der Waals surface area (Å²) in [6.45, 7) is 5.73. The molecule has 0 saturated heterocycles. The Morgan fingerprint density at radius 1 is 1.04 bits per heavy atom. The number of benzene rings is 2. The largest absolute Gasteiger partial charge is 0.346 e. The average Bonchev–Trinajstić information content (AvgIpc) is 2.62. The lowest BCUT2D eigenvalue weighted by Crippen LogP contribution is -2.26. The van der Waals surface area contributed by atoms with Gasteiger partial charge in [-0.25, -0.2) is 9.97 Å². The number of hydrogen-bond acceptors (Lipinski definition) is 4. The molecule has 1 atom stereocenters.